The van der Waals surface area contributed by atoms with E-state index >= 15 is 0 Å². The highest BCUT2D eigenvalue weighted by Crippen LogP contribution is 2.39. The van der Waals surface area contributed by atoms with Crippen LogP contribution in [0.25, 0.3) is 0 Å². The summed E-state index contributed by atoms with van der Waals surface area (Å²) in [5.41, 5.74) is 8.18. The minimum atomic E-state index is 0. The molecule has 1 fully saturated rings. The lowest BCUT2D eigenvalue weighted by atomic mass is 9.71. The fourth-order valence-corrected chi connectivity index (χ4v) is 3.11. The molecule has 1 amide bonds. The zero-order valence-electron chi connectivity index (χ0n) is 13.1. The van der Waals surface area contributed by atoms with Crippen LogP contribution in [-0.2, 0) is 4.79 Å². The Balaban J connectivity index is 0.00000220. The number of hydrogen-bond donors (Lipinski definition) is 1. The molecule has 0 radical (unpaired) electrons. The van der Waals surface area contributed by atoms with Crippen molar-refractivity contribution < 1.29 is 4.79 Å². The average Bonchev–Trinajstić information content (AvgIpc) is 2.48. The van der Waals surface area contributed by atoms with Gasteiger partial charge in [-0.2, -0.15) is 0 Å². The van der Waals surface area contributed by atoms with Crippen LogP contribution in [0.15, 0.2) is 24.3 Å². The molecule has 118 valence electrons. The summed E-state index contributed by atoms with van der Waals surface area (Å²) in [6, 6.07) is 8.09. The van der Waals surface area contributed by atoms with E-state index in [4.69, 9.17) is 5.73 Å². The van der Waals surface area contributed by atoms with E-state index in [-0.39, 0.29) is 23.7 Å². The quantitative estimate of drug-likeness (QED) is 0.922. The van der Waals surface area contributed by atoms with E-state index in [1.54, 1.807) is 4.90 Å². The van der Waals surface area contributed by atoms with Crippen LogP contribution in [0.4, 0.5) is 5.69 Å². The van der Waals surface area contributed by atoms with Crippen LogP contribution in [0, 0.1) is 12.3 Å². The van der Waals surface area contributed by atoms with Crippen molar-refractivity contribution in [1.82, 2.24) is 0 Å². The fourth-order valence-electron chi connectivity index (χ4n) is 3.11. The van der Waals surface area contributed by atoms with Crippen molar-refractivity contribution >= 4 is 24.0 Å². The molecule has 3 nitrogen and oxygen atoms in total. The Hall–Kier alpha value is -1.06. The van der Waals surface area contributed by atoms with E-state index in [9.17, 15) is 4.79 Å². The maximum Gasteiger partial charge on any atom is 0.227 e. The van der Waals surface area contributed by atoms with Gasteiger partial charge in [-0.15, -0.1) is 12.4 Å². The molecule has 2 rings (SSSR count). The molecule has 4 heteroatoms. The maximum atomic E-state index is 12.5. The third-order valence-electron chi connectivity index (χ3n) is 4.67. The van der Waals surface area contributed by atoms with Gasteiger partial charge in [-0.25, -0.2) is 0 Å². The van der Waals surface area contributed by atoms with Gasteiger partial charge in [-0.1, -0.05) is 37.0 Å². The second kappa shape index (κ2) is 7.81. The molecule has 0 bridgehead atoms. The van der Waals surface area contributed by atoms with Gasteiger partial charge in [0.05, 0.1) is 0 Å². The maximum absolute atomic E-state index is 12.5. The number of hydrogen-bond acceptors (Lipinski definition) is 2. The monoisotopic (exact) mass is 310 g/mol. The third-order valence-corrected chi connectivity index (χ3v) is 4.67. The van der Waals surface area contributed by atoms with E-state index in [0.29, 0.717) is 13.0 Å². The second-order valence-electron chi connectivity index (χ2n) is 6.23. The summed E-state index contributed by atoms with van der Waals surface area (Å²) in [4.78, 5) is 14.3. The van der Waals surface area contributed by atoms with Crippen molar-refractivity contribution in [2.45, 2.75) is 45.4 Å². The SMILES string of the molecule is Cc1ccc(N(C)C(=O)CC2(CN)CCCCC2)cc1.Cl. The Bertz CT molecular complexity index is 452. The number of rotatable bonds is 4. The highest BCUT2D eigenvalue weighted by atomic mass is 35.5. The summed E-state index contributed by atoms with van der Waals surface area (Å²) >= 11 is 0. The first kappa shape index (κ1) is 18.0. The van der Waals surface area contributed by atoms with E-state index in [1.807, 2.05) is 31.3 Å². The molecule has 0 saturated heterocycles. The molecule has 1 aromatic rings. The first-order chi connectivity index (χ1) is 9.56. The number of amides is 1. The first-order valence-corrected chi connectivity index (χ1v) is 7.60. The summed E-state index contributed by atoms with van der Waals surface area (Å²) in [5.74, 6) is 0.182. The van der Waals surface area contributed by atoms with E-state index in [2.05, 4.69) is 6.92 Å². The number of nitrogens with zero attached hydrogens (tertiary/aromatic N) is 1. The highest BCUT2D eigenvalue weighted by Gasteiger charge is 2.34. The summed E-state index contributed by atoms with van der Waals surface area (Å²) < 4.78 is 0. The lowest BCUT2D eigenvalue weighted by Crippen LogP contribution is -2.39. The Morgan fingerprint density at radius 2 is 1.76 bits per heavy atom. The van der Waals surface area contributed by atoms with Crippen LogP contribution in [-0.4, -0.2) is 19.5 Å². The topological polar surface area (TPSA) is 46.3 Å². The lowest BCUT2D eigenvalue weighted by Gasteiger charge is -2.36. The Labute approximate surface area is 134 Å². The third kappa shape index (κ3) is 4.45. The number of carbonyl (C=O) groups excluding carboxylic acids is 1. The highest BCUT2D eigenvalue weighted by molar-refractivity contribution is 5.93. The predicted molar refractivity (Wildman–Crippen MR) is 91.0 cm³/mol. The zero-order valence-corrected chi connectivity index (χ0v) is 13.9. The van der Waals surface area contributed by atoms with Crippen molar-refractivity contribution in [3.63, 3.8) is 0 Å². The van der Waals surface area contributed by atoms with Crippen LogP contribution >= 0.6 is 12.4 Å². The number of benzene rings is 1. The van der Waals surface area contributed by atoms with Gasteiger partial charge in [0.15, 0.2) is 0 Å². The van der Waals surface area contributed by atoms with Gasteiger partial charge in [0, 0.05) is 19.2 Å². The molecular formula is C17H27ClN2O. The number of anilines is 1. The van der Waals surface area contributed by atoms with Crippen molar-refractivity contribution in [1.29, 1.82) is 0 Å². The van der Waals surface area contributed by atoms with E-state index < -0.39 is 0 Å². The Morgan fingerprint density at radius 3 is 2.29 bits per heavy atom. The summed E-state index contributed by atoms with van der Waals surface area (Å²) in [5, 5.41) is 0. The van der Waals surface area contributed by atoms with Crippen molar-refractivity contribution in [2.24, 2.45) is 11.1 Å². The van der Waals surface area contributed by atoms with Gasteiger partial charge in [0.2, 0.25) is 5.91 Å². The van der Waals surface area contributed by atoms with Crippen LogP contribution < -0.4 is 10.6 Å². The normalized spacial score (nSPS) is 16.9. The molecule has 1 aliphatic carbocycles. The molecule has 1 saturated carbocycles. The smallest absolute Gasteiger partial charge is 0.227 e. The fraction of sp³-hybridized carbons (Fsp3) is 0.588. The van der Waals surface area contributed by atoms with Gasteiger partial charge in [0.25, 0.3) is 0 Å². The van der Waals surface area contributed by atoms with Gasteiger partial charge in [-0.3, -0.25) is 4.79 Å². The lowest BCUT2D eigenvalue weighted by molar-refractivity contribution is -0.121. The molecule has 2 N–H and O–H groups in total. The van der Waals surface area contributed by atoms with E-state index in [0.717, 1.165) is 18.5 Å². The van der Waals surface area contributed by atoms with E-state index in [1.165, 1.54) is 24.8 Å². The molecule has 0 atom stereocenters. The van der Waals surface area contributed by atoms with Gasteiger partial charge < -0.3 is 10.6 Å². The predicted octanol–water partition coefficient (Wildman–Crippen LogP) is 3.68. The van der Waals surface area contributed by atoms with Crippen molar-refractivity contribution in [3.8, 4) is 0 Å². The van der Waals surface area contributed by atoms with Crippen LogP contribution in [0.3, 0.4) is 0 Å². The molecule has 1 aliphatic rings. The standard InChI is InChI=1S/C17H26N2O.ClH/c1-14-6-8-15(9-7-14)19(2)16(20)12-17(13-18)10-4-3-5-11-17;/h6-9H,3-5,10-13,18H2,1-2H3;1H. The number of nitrogens with two attached hydrogens (primary N) is 1. The van der Waals surface area contributed by atoms with Gasteiger partial charge in [0.1, 0.15) is 0 Å². The molecule has 0 aromatic heterocycles. The van der Waals surface area contributed by atoms with Crippen LogP contribution in [0.1, 0.15) is 44.1 Å². The largest absolute Gasteiger partial charge is 0.330 e. The first-order valence-electron chi connectivity index (χ1n) is 7.60. The second-order valence-corrected chi connectivity index (χ2v) is 6.23. The molecule has 0 heterocycles. The molecule has 1 aromatic carbocycles. The number of carbonyl (C=O) groups is 1. The van der Waals surface area contributed by atoms with Crippen molar-refractivity contribution in [2.75, 3.05) is 18.5 Å². The molecule has 0 spiro atoms. The minimum absolute atomic E-state index is 0. The van der Waals surface area contributed by atoms with Crippen LogP contribution in [0.2, 0.25) is 0 Å². The number of aryl methyl sites for hydroxylation is 1. The van der Waals surface area contributed by atoms with Crippen LogP contribution in [0.5, 0.6) is 0 Å². The summed E-state index contributed by atoms with van der Waals surface area (Å²) in [6.45, 7) is 2.68. The average molecular weight is 311 g/mol. The minimum Gasteiger partial charge on any atom is -0.330 e. The summed E-state index contributed by atoms with van der Waals surface area (Å²) in [7, 11) is 1.86. The summed E-state index contributed by atoms with van der Waals surface area (Å²) in [6.07, 6.45) is 6.46. The molecule has 0 unspecified atom stereocenters. The molecular weight excluding hydrogens is 284 g/mol. The molecule has 21 heavy (non-hydrogen) atoms. The number of halogens is 1. The van der Waals surface area contributed by atoms with Crippen molar-refractivity contribution in [3.05, 3.63) is 29.8 Å². The van der Waals surface area contributed by atoms with Gasteiger partial charge in [-0.05, 0) is 43.9 Å². The van der Waals surface area contributed by atoms with Gasteiger partial charge >= 0.3 is 0 Å². The molecule has 0 aliphatic heterocycles. The Morgan fingerprint density at radius 1 is 1.19 bits per heavy atom. The zero-order chi connectivity index (χ0) is 14.6. The Kier molecular flexibility index (Phi) is 6.69.